The van der Waals surface area contributed by atoms with Gasteiger partial charge in [-0.2, -0.15) is 0 Å². The molecule has 3 aliphatic rings. The van der Waals surface area contributed by atoms with Crippen LogP contribution in [0.2, 0.25) is 0 Å². The molecule has 0 aromatic carbocycles. The summed E-state index contributed by atoms with van der Waals surface area (Å²) in [4.78, 5) is 11.4. The van der Waals surface area contributed by atoms with Crippen LogP contribution in [0.4, 0.5) is 0 Å². The maximum absolute atomic E-state index is 11.4. The molecule has 2 saturated heterocycles. The Balaban J connectivity index is 1.74. The average Bonchev–Trinajstić information content (AvgIpc) is 3.25. The maximum Gasteiger partial charge on any atom is 0.305 e. The summed E-state index contributed by atoms with van der Waals surface area (Å²) in [5.74, 6) is 0.277. The summed E-state index contributed by atoms with van der Waals surface area (Å²) in [6.45, 7) is 8.42. The van der Waals surface area contributed by atoms with E-state index in [0.29, 0.717) is 6.42 Å². The molecule has 0 amide bonds. The Morgan fingerprint density at radius 1 is 1.05 bits per heavy atom. The Morgan fingerprint density at radius 3 is 2.42 bits per heavy atom. The summed E-state index contributed by atoms with van der Waals surface area (Å²) in [6.07, 6.45) is 22.4. The highest BCUT2D eigenvalue weighted by atomic mass is 35.5. The van der Waals surface area contributed by atoms with E-state index in [1.165, 1.54) is 20.0 Å². The number of hydrogen-bond donors (Lipinski definition) is 0. The van der Waals surface area contributed by atoms with Gasteiger partial charge in [0.25, 0.3) is 0 Å². The van der Waals surface area contributed by atoms with Crippen molar-refractivity contribution in [3.63, 3.8) is 0 Å². The Labute approximate surface area is 248 Å². The van der Waals surface area contributed by atoms with Gasteiger partial charge in [-0.15, -0.1) is 11.6 Å². The monoisotopic (exact) mass is 582 g/mol. The van der Waals surface area contributed by atoms with Crippen LogP contribution in [0.15, 0.2) is 24.3 Å². The van der Waals surface area contributed by atoms with Crippen molar-refractivity contribution >= 4 is 17.6 Å². The second-order valence-electron chi connectivity index (χ2n) is 12.5. The number of methoxy groups -OCH3 is 1. The third-order valence-corrected chi connectivity index (χ3v) is 9.26. The van der Waals surface area contributed by atoms with Gasteiger partial charge in [0.05, 0.1) is 19.3 Å². The normalized spacial score (nSPS) is 30.7. The van der Waals surface area contributed by atoms with E-state index in [0.717, 1.165) is 83.8 Å². The first kappa shape index (κ1) is 33.6. The van der Waals surface area contributed by atoms with Gasteiger partial charge in [-0.3, -0.25) is 4.79 Å². The molecule has 2 unspecified atom stereocenters. The molecule has 0 radical (unpaired) electrons. The van der Waals surface area contributed by atoms with E-state index in [-0.39, 0.29) is 53.4 Å². The topological polar surface area (TPSA) is 63.2 Å². The van der Waals surface area contributed by atoms with Crippen LogP contribution in [0, 0.1) is 17.3 Å². The number of carbonyl (C=O) groups excluding carboxylic acids is 1. The number of carbonyl (C=O) groups is 1. The number of ether oxygens (including phenoxy) is 5. The molecule has 3 fully saturated rings. The van der Waals surface area contributed by atoms with E-state index in [9.17, 15) is 4.79 Å². The molecule has 0 N–H and O–H groups in total. The van der Waals surface area contributed by atoms with Crippen molar-refractivity contribution in [2.24, 2.45) is 17.3 Å². The molecule has 3 rings (SSSR count). The fourth-order valence-electron chi connectivity index (χ4n) is 6.12. The summed E-state index contributed by atoms with van der Waals surface area (Å²) in [5, 5.41) is 0.0251. The minimum Gasteiger partial charge on any atom is -0.469 e. The molecule has 7 atom stereocenters. The number of rotatable bonds is 16. The molecule has 2 heterocycles. The van der Waals surface area contributed by atoms with E-state index in [1.807, 2.05) is 0 Å². The first-order valence-corrected chi connectivity index (χ1v) is 16.4. The second kappa shape index (κ2) is 17.9. The molecular weight excluding hydrogens is 528 g/mol. The maximum atomic E-state index is 11.4. The van der Waals surface area contributed by atoms with E-state index >= 15 is 0 Å². The molecule has 1 saturated carbocycles. The van der Waals surface area contributed by atoms with Crippen LogP contribution in [0.1, 0.15) is 111 Å². The lowest BCUT2D eigenvalue weighted by atomic mass is 9.80. The number of alkyl halides is 1. The summed E-state index contributed by atoms with van der Waals surface area (Å²) >= 11 is 7.01. The first-order valence-electron chi connectivity index (χ1n) is 15.9. The molecule has 0 aromatic rings. The second-order valence-corrected chi connectivity index (χ2v) is 13.0. The van der Waals surface area contributed by atoms with Gasteiger partial charge < -0.3 is 23.7 Å². The molecule has 2 aliphatic heterocycles. The Kier molecular flexibility index (Phi) is 15.0. The predicted molar refractivity (Wildman–Crippen MR) is 160 cm³/mol. The van der Waals surface area contributed by atoms with Crippen molar-refractivity contribution in [1.82, 2.24) is 0 Å². The standard InChI is InChI=1S/C33H55ClO6/c1-5-6-21-33(2,3)29(40-32-18-12-14-23-38-32)20-19-26-25(15-9-7-8-10-16-30(35)36-4)27(34)24-28(26)39-31-17-11-13-22-37-31/h7,9,19-20,25-29,31-32H,5-6,8,10-18,21-24H2,1-4H3/b9-7-,20-19+/t25-,26-,27-,28-,29-,31?,32?/m1/s1. The SMILES string of the molecule is CCCCC(C)(C)[C@@H](/C=C/[C@@H]1[C@@H](C/C=C\CCCC(=O)OC)[C@H](Cl)C[C@H]1OC1CCCCO1)OC1CCCCO1. The van der Waals surface area contributed by atoms with Crippen LogP contribution in [0.25, 0.3) is 0 Å². The number of unbranched alkanes of at least 4 members (excludes halogenated alkanes) is 2. The number of esters is 1. The van der Waals surface area contributed by atoms with Gasteiger partial charge in [-0.25, -0.2) is 0 Å². The quantitative estimate of drug-likeness (QED) is 0.0792. The van der Waals surface area contributed by atoms with Crippen molar-refractivity contribution in [2.45, 2.75) is 141 Å². The lowest BCUT2D eigenvalue weighted by Gasteiger charge is -2.36. The van der Waals surface area contributed by atoms with Gasteiger partial charge in [-0.05, 0) is 82.0 Å². The fourth-order valence-corrected chi connectivity index (χ4v) is 6.56. The highest BCUT2D eigenvalue weighted by molar-refractivity contribution is 6.21. The van der Waals surface area contributed by atoms with Crippen LogP contribution >= 0.6 is 11.6 Å². The van der Waals surface area contributed by atoms with Crippen LogP contribution < -0.4 is 0 Å². The van der Waals surface area contributed by atoms with E-state index < -0.39 is 0 Å². The van der Waals surface area contributed by atoms with Gasteiger partial charge in [0, 0.05) is 30.9 Å². The van der Waals surface area contributed by atoms with Crippen molar-refractivity contribution in [1.29, 1.82) is 0 Å². The van der Waals surface area contributed by atoms with Crippen LogP contribution in [0.5, 0.6) is 0 Å². The van der Waals surface area contributed by atoms with Crippen molar-refractivity contribution < 1.29 is 28.5 Å². The molecule has 6 nitrogen and oxygen atoms in total. The summed E-state index contributed by atoms with van der Waals surface area (Å²) in [6, 6.07) is 0. The van der Waals surface area contributed by atoms with E-state index in [4.69, 9.17) is 35.3 Å². The summed E-state index contributed by atoms with van der Waals surface area (Å²) in [7, 11) is 1.44. The minimum absolute atomic E-state index is 0.00976. The van der Waals surface area contributed by atoms with Crippen LogP contribution in [-0.2, 0) is 28.5 Å². The van der Waals surface area contributed by atoms with Crippen molar-refractivity contribution in [3.05, 3.63) is 24.3 Å². The molecule has 0 aromatic heterocycles. The molecule has 7 heteroatoms. The molecule has 0 bridgehead atoms. The Morgan fingerprint density at radius 2 is 1.77 bits per heavy atom. The highest BCUT2D eigenvalue weighted by Crippen LogP contribution is 2.43. The van der Waals surface area contributed by atoms with Crippen molar-refractivity contribution in [2.75, 3.05) is 20.3 Å². The average molecular weight is 583 g/mol. The first-order chi connectivity index (χ1) is 19.3. The third-order valence-electron chi connectivity index (χ3n) is 8.75. The molecule has 40 heavy (non-hydrogen) atoms. The minimum atomic E-state index is -0.155. The Hall–Kier alpha value is -0.920. The largest absolute Gasteiger partial charge is 0.469 e. The smallest absolute Gasteiger partial charge is 0.305 e. The predicted octanol–water partition coefficient (Wildman–Crippen LogP) is 8.12. The van der Waals surface area contributed by atoms with Crippen LogP contribution in [0.3, 0.4) is 0 Å². The molecule has 230 valence electrons. The third kappa shape index (κ3) is 11.1. The summed E-state index contributed by atoms with van der Waals surface area (Å²) in [5.41, 5.74) is -0.00976. The lowest BCUT2D eigenvalue weighted by molar-refractivity contribution is -0.198. The summed E-state index contributed by atoms with van der Waals surface area (Å²) < 4.78 is 29.9. The lowest BCUT2D eigenvalue weighted by Crippen LogP contribution is -2.37. The van der Waals surface area contributed by atoms with Gasteiger partial charge in [0.2, 0.25) is 0 Å². The number of hydrogen-bond acceptors (Lipinski definition) is 6. The zero-order valence-electron chi connectivity index (χ0n) is 25.5. The molecule has 1 aliphatic carbocycles. The van der Waals surface area contributed by atoms with Gasteiger partial charge in [0.1, 0.15) is 0 Å². The Bertz CT molecular complexity index is 771. The highest BCUT2D eigenvalue weighted by Gasteiger charge is 2.43. The van der Waals surface area contributed by atoms with E-state index in [1.54, 1.807) is 0 Å². The zero-order valence-corrected chi connectivity index (χ0v) is 26.2. The number of halogens is 1. The van der Waals surface area contributed by atoms with Gasteiger partial charge in [-0.1, -0.05) is 57.9 Å². The van der Waals surface area contributed by atoms with Crippen molar-refractivity contribution in [3.8, 4) is 0 Å². The molecular formula is C33H55ClO6. The van der Waals surface area contributed by atoms with Gasteiger partial charge >= 0.3 is 5.97 Å². The van der Waals surface area contributed by atoms with Crippen LogP contribution in [-0.4, -0.2) is 56.5 Å². The van der Waals surface area contributed by atoms with Gasteiger partial charge in [0.15, 0.2) is 12.6 Å². The number of allylic oxidation sites excluding steroid dienone is 2. The fraction of sp³-hybridized carbons (Fsp3) is 0.848. The zero-order chi connectivity index (χ0) is 28.8. The van der Waals surface area contributed by atoms with E-state index in [2.05, 4.69) is 45.1 Å². The molecule has 0 spiro atoms.